The lowest BCUT2D eigenvalue weighted by atomic mass is 10.2. The van der Waals surface area contributed by atoms with Crippen LogP contribution in [0, 0.1) is 6.92 Å². The van der Waals surface area contributed by atoms with E-state index in [1.54, 1.807) is 6.21 Å². The monoisotopic (exact) mass is 455 g/mol. The molecule has 4 aromatic rings. The van der Waals surface area contributed by atoms with Gasteiger partial charge in [-0.25, -0.2) is 5.43 Å². The van der Waals surface area contributed by atoms with Crippen molar-refractivity contribution in [3.05, 3.63) is 75.9 Å². The van der Waals surface area contributed by atoms with Crippen molar-refractivity contribution in [3.8, 4) is 0 Å². The van der Waals surface area contributed by atoms with E-state index < -0.39 is 0 Å². The van der Waals surface area contributed by atoms with Gasteiger partial charge in [-0.15, -0.1) is 10.2 Å². The number of para-hydroxylation sites is 1. The summed E-state index contributed by atoms with van der Waals surface area (Å²) >= 11 is 9.14. The molecule has 0 saturated heterocycles. The van der Waals surface area contributed by atoms with Gasteiger partial charge in [-0.2, -0.15) is 5.10 Å². The van der Waals surface area contributed by atoms with Gasteiger partial charge in [0.25, 0.3) is 5.91 Å². The first-order chi connectivity index (χ1) is 14.6. The minimum absolute atomic E-state index is 0.191. The van der Waals surface area contributed by atoms with E-state index in [1.165, 1.54) is 23.1 Å². The van der Waals surface area contributed by atoms with Crippen LogP contribution in [0.4, 0.5) is 0 Å². The molecule has 0 aliphatic heterocycles. The molecule has 9 heteroatoms. The Labute approximate surface area is 187 Å². The number of rotatable bonds is 7. The van der Waals surface area contributed by atoms with Crippen LogP contribution in [-0.4, -0.2) is 32.6 Å². The fraction of sp³-hybridized carbons (Fsp3) is 0.143. The summed E-state index contributed by atoms with van der Waals surface area (Å²) in [5.74, 6) is 0.0455. The van der Waals surface area contributed by atoms with Gasteiger partial charge < -0.3 is 4.57 Å². The van der Waals surface area contributed by atoms with Gasteiger partial charge in [0.15, 0.2) is 4.34 Å². The van der Waals surface area contributed by atoms with Crippen molar-refractivity contribution in [2.45, 2.75) is 17.8 Å². The third-order valence-corrected chi connectivity index (χ3v) is 6.69. The number of nitrogens with zero attached hydrogens (tertiary/aromatic N) is 4. The van der Waals surface area contributed by atoms with Crippen molar-refractivity contribution in [2.24, 2.45) is 5.10 Å². The SMILES string of the molecule is Cc1nnc(SCC(=O)NN=Cc2cn(Cc3ccccc3Cl)c3ccccc23)s1. The van der Waals surface area contributed by atoms with Crippen LogP contribution in [0.25, 0.3) is 10.9 Å². The van der Waals surface area contributed by atoms with E-state index in [1.807, 2.05) is 55.6 Å². The molecule has 152 valence electrons. The molecule has 6 nitrogen and oxygen atoms in total. The minimum Gasteiger partial charge on any atom is -0.342 e. The second-order valence-corrected chi connectivity index (χ2v) is 9.30. The van der Waals surface area contributed by atoms with Crippen LogP contribution in [-0.2, 0) is 11.3 Å². The normalized spacial score (nSPS) is 11.4. The lowest BCUT2D eigenvalue weighted by Gasteiger charge is -2.07. The van der Waals surface area contributed by atoms with Gasteiger partial charge in [-0.1, -0.05) is 71.1 Å². The standard InChI is InChI=1S/C21H18ClN5OS2/c1-14-24-26-21(30-14)29-13-20(28)25-23-10-16-12-27(19-9-5-3-7-17(16)19)11-15-6-2-4-8-18(15)22/h2-10,12H,11,13H2,1H3,(H,25,28). The molecule has 0 unspecified atom stereocenters. The van der Waals surface area contributed by atoms with Crippen LogP contribution in [0.2, 0.25) is 5.02 Å². The Balaban J connectivity index is 1.46. The first-order valence-corrected chi connectivity index (χ1v) is 11.3. The molecule has 2 aromatic heterocycles. The van der Waals surface area contributed by atoms with Crippen molar-refractivity contribution in [3.63, 3.8) is 0 Å². The molecule has 0 aliphatic rings. The largest absolute Gasteiger partial charge is 0.342 e. The Hall–Kier alpha value is -2.68. The second kappa shape index (κ2) is 9.42. The molecule has 0 fully saturated rings. The van der Waals surface area contributed by atoms with Crippen LogP contribution in [0.15, 0.2) is 64.2 Å². The number of aromatic nitrogens is 3. The minimum atomic E-state index is -0.191. The number of thioether (sulfide) groups is 1. The van der Waals surface area contributed by atoms with Gasteiger partial charge in [0, 0.05) is 34.2 Å². The lowest BCUT2D eigenvalue weighted by Crippen LogP contribution is -2.19. The second-order valence-electron chi connectivity index (χ2n) is 6.49. The van der Waals surface area contributed by atoms with Crippen molar-refractivity contribution >= 4 is 57.7 Å². The number of hydrogen-bond donors (Lipinski definition) is 1. The summed E-state index contributed by atoms with van der Waals surface area (Å²) in [7, 11) is 0. The van der Waals surface area contributed by atoms with Crippen molar-refractivity contribution in [1.82, 2.24) is 20.2 Å². The van der Waals surface area contributed by atoms with E-state index in [4.69, 9.17) is 11.6 Å². The highest BCUT2D eigenvalue weighted by atomic mass is 35.5. The summed E-state index contributed by atoms with van der Waals surface area (Å²) in [6.07, 6.45) is 3.69. The molecule has 0 aliphatic carbocycles. The Morgan fingerprint density at radius 3 is 2.83 bits per heavy atom. The average Bonchev–Trinajstić information content (AvgIpc) is 3.32. The molecule has 0 radical (unpaired) electrons. The van der Waals surface area contributed by atoms with E-state index in [2.05, 4.69) is 31.4 Å². The van der Waals surface area contributed by atoms with Crippen LogP contribution in [0.1, 0.15) is 16.1 Å². The van der Waals surface area contributed by atoms with Gasteiger partial charge in [0.1, 0.15) is 5.01 Å². The predicted molar refractivity (Wildman–Crippen MR) is 124 cm³/mol. The van der Waals surface area contributed by atoms with E-state index in [-0.39, 0.29) is 11.7 Å². The Morgan fingerprint density at radius 2 is 2.03 bits per heavy atom. The smallest absolute Gasteiger partial charge is 0.250 e. The molecule has 0 bridgehead atoms. The molecule has 1 N–H and O–H groups in total. The van der Waals surface area contributed by atoms with Crippen molar-refractivity contribution in [1.29, 1.82) is 0 Å². The zero-order valence-corrected chi connectivity index (χ0v) is 18.5. The van der Waals surface area contributed by atoms with Crippen molar-refractivity contribution in [2.75, 3.05) is 5.75 Å². The maximum absolute atomic E-state index is 12.1. The number of hydrazone groups is 1. The Morgan fingerprint density at radius 1 is 1.23 bits per heavy atom. The number of aryl methyl sites for hydroxylation is 1. The third-order valence-electron chi connectivity index (χ3n) is 4.35. The quantitative estimate of drug-likeness (QED) is 0.248. The van der Waals surface area contributed by atoms with E-state index in [0.29, 0.717) is 6.54 Å². The summed E-state index contributed by atoms with van der Waals surface area (Å²) in [6.45, 7) is 2.53. The molecule has 4 rings (SSSR count). The van der Waals surface area contributed by atoms with Gasteiger partial charge >= 0.3 is 0 Å². The summed E-state index contributed by atoms with van der Waals surface area (Å²) in [5.41, 5.74) is 5.62. The lowest BCUT2D eigenvalue weighted by molar-refractivity contribution is -0.118. The summed E-state index contributed by atoms with van der Waals surface area (Å²) in [5, 5.41) is 14.7. The molecular formula is C21H18ClN5OS2. The fourth-order valence-corrected chi connectivity index (χ4v) is 4.79. The van der Waals surface area contributed by atoms with Gasteiger partial charge in [0.05, 0.1) is 12.0 Å². The molecule has 2 heterocycles. The number of halogens is 1. The first-order valence-electron chi connectivity index (χ1n) is 9.16. The predicted octanol–water partition coefficient (Wildman–Crippen LogP) is 4.75. The van der Waals surface area contributed by atoms with Gasteiger partial charge in [-0.3, -0.25) is 4.79 Å². The average molecular weight is 456 g/mol. The van der Waals surface area contributed by atoms with Crippen LogP contribution >= 0.6 is 34.7 Å². The number of benzene rings is 2. The third kappa shape index (κ3) is 4.89. The molecule has 30 heavy (non-hydrogen) atoms. The number of carbonyl (C=O) groups is 1. The molecule has 0 spiro atoms. The van der Waals surface area contributed by atoms with Crippen LogP contribution in [0.3, 0.4) is 0 Å². The molecule has 1 amide bonds. The summed E-state index contributed by atoms with van der Waals surface area (Å²) in [6, 6.07) is 15.9. The van der Waals surface area contributed by atoms with Gasteiger partial charge in [-0.05, 0) is 24.6 Å². The van der Waals surface area contributed by atoms with Crippen LogP contribution in [0.5, 0.6) is 0 Å². The highest BCUT2D eigenvalue weighted by Crippen LogP contribution is 2.24. The maximum Gasteiger partial charge on any atom is 0.250 e. The number of nitrogens with one attached hydrogen (secondary N) is 1. The number of fused-ring (bicyclic) bond motifs is 1. The molecule has 2 aromatic carbocycles. The van der Waals surface area contributed by atoms with E-state index in [9.17, 15) is 4.79 Å². The fourth-order valence-electron chi connectivity index (χ4n) is 2.99. The summed E-state index contributed by atoms with van der Waals surface area (Å²) < 4.78 is 2.90. The highest BCUT2D eigenvalue weighted by Gasteiger charge is 2.09. The maximum atomic E-state index is 12.1. The topological polar surface area (TPSA) is 72.2 Å². The van der Waals surface area contributed by atoms with E-state index >= 15 is 0 Å². The zero-order valence-electron chi connectivity index (χ0n) is 16.1. The van der Waals surface area contributed by atoms with Gasteiger partial charge in [0.2, 0.25) is 0 Å². The first kappa shape index (κ1) is 20.6. The zero-order chi connectivity index (χ0) is 20.9. The molecular weight excluding hydrogens is 438 g/mol. The number of amides is 1. The van der Waals surface area contributed by atoms with E-state index in [0.717, 1.165) is 36.4 Å². The van der Waals surface area contributed by atoms with Crippen LogP contribution < -0.4 is 5.43 Å². The number of carbonyl (C=O) groups excluding carboxylic acids is 1. The molecule has 0 saturated carbocycles. The van der Waals surface area contributed by atoms with Crippen molar-refractivity contribution < 1.29 is 4.79 Å². The Kier molecular flexibility index (Phi) is 6.47. The Bertz CT molecular complexity index is 1220. The number of hydrogen-bond acceptors (Lipinski definition) is 6. The molecule has 0 atom stereocenters. The summed E-state index contributed by atoms with van der Waals surface area (Å²) in [4.78, 5) is 12.1. The highest BCUT2D eigenvalue weighted by molar-refractivity contribution is 8.01.